The Hall–Kier alpha value is -2.03. The summed E-state index contributed by atoms with van der Waals surface area (Å²) in [5, 5.41) is 0.854. The van der Waals surface area contributed by atoms with Gasteiger partial charge in [-0.2, -0.15) is 0 Å². The van der Waals surface area contributed by atoms with Crippen LogP contribution < -0.4 is 4.90 Å². The predicted octanol–water partition coefficient (Wildman–Crippen LogP) is 4.06. The first kappa shape index (κ1) is 23.7. The van der Waals surface area contributed by atoms with Crippen molar-refractivity contribution in [3.8, 4) is 0 Å². The van der Waals surface area contributed by atoms with Crippen molar-refractivity contribution in [1.82, 2.24) is 19.8 Å². The molecule has 3 fully saturated rings. The van der Waals surface area contributed by atoms with Gasteiger partial charge in [0.25, 0.3) is 5.91 Å². The second kappa shape index (κ2) is 11.1. The Kier molecular flexibility index (Phi) is 7.77. The number of nitrogens with zero attached hydrogens (tertiary/aromatic N) is 5. The lowest BCUT2D eigenvalue weighted by Gasteiger charge is -2.42. The van der Waals surface area contributed by atoms with Crippen LogP contribution in [0.2, 0.25) is 0 Å². The molecular formula is C26H37N5O2S. The maximum atomic E-state index is 13.1. The third-order valence-electron chi connectivity index (χ3n) is 7.59. The number of carbonyl (C=O) groups excluding carboxylic acids is 1. The van der Waals surface area contributed by atoms with E-state index in [1.807, 2.05) is 30.1 Å². The molecule has 8 heteroatoms. The molecule has 0 aromatic carbocycles. The standard InChI is InChI=1S/C26H37N5O2S/c1-29(18-21-7-2-3-12-27-21)26-28-16-24(34-26)25(32)30-14-10-22(11-15-30)31-13-5-6-20(17-31)19-33-23-8-4-9-23/h2-3,7,12,16,20,22-23H,4-6,8-11,13-15,17-19H2,1H3. The van der Waals surface area contributed by atoms with Crippen molar-refractivity contribution >= 4 is 22.4 Å². The number of carbonyl (C=O) groups is 1. The van der Waals surface area contributed by atoms with Gasteiger partial charge >= 0.3 is 0 Å². The number of likely N-dealkylation sites (tertiary alicyclic amines) is 2. The maximum absolute atomic E-state index is 13.1. The van der Waals surface area contributed by atoms with Crippen LogP contribution in [-0.2, 0) is 11.3 Å². The summed E-state index contributed by atoms with van der Waals surface area (Å²) in [6, 6.07) is 6.51. The van der Waals surface area contributed by atoms with Crippen molar-refractivity contribution in [3.05, 3.63) is 41.2 Å². The fourth-order valence-corrected chi connectivity index (χ4v) is 6.15. The summed E-state index contributed by atoms with van der Waals surface area (Å²) in [4.78, 5) is 29.5. The number of pyridine rings is 1. The Bertz CT molecular complexity index is 926. The molecule has 2 aliphatic heterocycles. The maximum Gasteiger partial charge on any atom is 0.265 e. The number of aromatic nitrogens is 2. The highest BCUT2D eigenvalue weighted by molar-refractivity contribution is 7.17. The monoisotopic (exact) mass is 483 g/mol. The third-order valence-corrected chi connectivity index (χ3v) is 8.69. The first-order chi connectivity index (χ1) is 16.7. The molecule has 2 aromatic rings. The summed E-state index contributed by atoms with van der Waals surface area (Å²) in [6.07, 6.45) is 12.6. The normalized spacial score (nSPS) is 22.5. The number of anilines is 1. The van der Waals surface area contributed by atoms with Crippen molar-refractivity contribution < 1.29 is 9.53 Å². The highest BCUT2D eigenvalue weighted by Gasteiger charge is 2.31. The van der Waals surface area contributed by atoms with Gasteiger partial charge in [-0.3, -0.25) is 14.7 Å². The quantitative estimate of drug-likeness (QED) is 0.564. The van der Waals surface area contributed by atoms with Crippen LogP contribution >= 0.6 is 11.3 Å². The van der Waals surface area contributed by atoms with Gasteiger partial charge in [-0.05, 0) is 69.5 Å². The minimum atomic E-state index is 0.124. The fourth-order valence-electron chi connectivity index (χ4n) is 5.31. The van der Waals surface area contributed by atoms with E-state index < -0.39 is 0 Å². The predicted molar refractivity (Wildman–Crippen MR) is 135 cm³/mol. The van der Waals surface area contributed by atoms with Gasteiger partial charge in [-0.1, -0.05) is 17.4 Å². The lowest BCUT2D eigenvalue weighted by atomic mass is 9.93. The average Bonchev–Trinajstić information content (AvgIpc) is 3.34. The molecule has 0 bridgehead atoms. The summed E-state index contributed by atoms with van der Waals surface area (Å²) in [6.45, 7) is 5.63. The van der Waals surface area contributed by atoms with E-state index in [1.165, 1.54) is 50.0 Å². The van der Waals surface area contributed by atoms with Gasteiger partial charge in [0.05, 0.1) is 31.1 Å². The van der Waals surface area contributed by atoms with Crippen LogP contribution in [0.5, 0.6) is 0 Å². The zero-order valence-electron chi connectivity index (χ0n) is 20.3. The Morgan fingerprint density at radius 2 is 1.97 bits per heavy atom. The molecule has 5 rings (SSSR count). The second-order valence-corrected chi connectivity index (χ2v) is 11.1. The molecule has 1 amide bonds. The van der Waals surface area contributed by atoms with Crippen LogP contribution in [0, 0.1) is 5.92 Å². The molecule has 1 unspecified atom stereocenters. The number of piperidine rings is 2. The van der Waals surface area contributed by atoms with E-state index in [4.69, 9.17) is 4.74 Å². The molecule has 0 radical (unpaired) electrons. The van der Waals surface area contributed by atoms with E-state index in [1.54, 1.807) is 12.4 Å². The summed E-state index contributed by atoms with van der Waals surface area (Å²) in [5.74, 6) is 0.798. The van der Waals surface area contributed by atoms with Gasteiger partial charge in [-0.15, -0.1) is 0 Å². The van der Waals surface area contributed by atoms with E-state index in [0.717, 1.165) is 54.8 Å². The van der Waals surface area contributed by atoms with Gasteiger partial charge in [0.1, 0.15) is 4.88 Å². The first-order valence-corrected chi connectivity index (χ1v) is 13.7. The van der Waals surface area contributed by atoms with Gasteiger partial charge in [0.15, 0.2) is 5.13 Å². The van der Waals surface area contributed by atoms with E-state index in [9.17, 15) is 4.79 Å². The SMILES string of the molecule is CN(Cc1ccccn1)c1ncc(C(=O)N2CCC(N3CCCC(COC4CCC4)C3)CC2)s1. The molecule has 184 valence electrons. The third kappa shape index (κ3) is 5.78. The van der Waals surface area contributed by atoms with Crippen LogP contribution in [0.4, 0.5) is 5.13 Å². The molecule has 1 atom stereocenters. The van der Waals surface area contributed by atoms with Gasteiger partial charge in [0.2, 0.25) is 0 Å². The van der Waals surface area contributed by atoms with Crippen LogP contribution in [0.15, 0.2) is 30.6 Å². The zero-order chi connectivity index (χ0) is 23.3. The molecular weight excluding hydrogens is 446 g/mol. The van der Waals surface area contributed by atoms with E-state index in [0.29, 0.717) is 24.6 Å². The van der Waals surface area contributed by atoms with Crippen molar-refractivity contribution in [1.29, 1.82) is 0 Å². The number of amides is 1. The van der Waals surface area contributed by atoms with E-state index in [-0.39, 0.29) is 5.91 Å². The van der Waals surface area contributed by atoms with Crippen molar-refractivity contribution in [2.45, 2.75) is 63.6 Å². The largest absolute Gasteiger partial charge is 0.378 e. The number of hydrogen-bond acceptors (Lipinski definition) is 7. The van der Waals surface area contributed by atoms with E-state index >= 15 is 0 Å². The zero-order valence-corrected chi connectivity index (χ0v) is 21.1. The van der Waals surface area contributed by atoms with Crippen LogP contribution in [0.1, 0.15) is 60.3 Å². The lowest BCUT2D eigenvalue weighted by molar-refractivity contribution is -0.0342. The van der Waals surface area contributed by atoms with Crippen LogP contribution in [0.3, 0.4) is 0 Å². The Labute approximate surface area is 207 Å². The van der Waals surface area contributed by atoms with Gasteiger partial charge < -0.3 is 14.5 Å². The smallest absolute Gasteiger partial charge is 0.265 e. The van der Waals surface area contributed by atoms with Crippen molar-refractivity contribution in [3.63, 3.8) is 0 Å². The average molecular weight is 484 g/mol. The number of ether oxygens (including phenoxy) is 1. The summed E-state index contributed by atoms with van der Waals surface area (Å²) >= 11 is 1.48. The van der Waals surface area contributed by atoms with Gasteiger partial charge in [-0.25, -0.2) is 4.98 Å². The molecule has 2 saturated heterocycles. The molecule has 2 aromatic heterocycles. The molecule has 34 heavy (non-hydrogen) atoms. The fraction of sp³-hybridized carbons (Fsp3) is 0.654. The van der Waals surface area contributed by atoms with Crippen molar-refractivity contribution in [2.24, 2.45) is 5.92 Å². The molecule has 1 aliphatic carbocycles. The number of rotatable bonds is 8. The Balaban J connectivity index is 1.09. The topological polar surface area (TPSA) is 61.8 Å². The van der Waals surface area contributed by atoms with Crippen molar-refractivity contribution in [2.75, 3.05) is 44.7 Å². The van der Waals surface area contributed by atoms with E-state index in [2.05, 4.69) is 19.8 Å². The highest BCUT2D eigenvalue weighted by atomic mass is 32.1. The molecule has 4 heterocycles. The first-order valence-electron chi connectivity index (χ1n) is 12.9. The highest BCUT2D eigenvalue weighted by Crippen LogP contribution is 2.29. The number of hydrogen-bond donors (Lipinski definition) is 0. The van der Waals surface area contributed by atoms with Gasteiger partial charge in [0, 0.05) is 38.9 Å². The second-order valence-electron chi connectivity index (χ2n) is 10.1. The minimum absolute atomic E-state index is 0.124. The summed E-state index contributed by atoms with van der Waals surface area (Å²) in [5.41, 5.74) is 0.990. The molecule has 0 spiro atoms. The Morgan fingerprint density at radius 1 is 1.12 bits per heavy atom. The molecule has 1 saturated carbocycles. The van der Waals surface area contributed by atoms with Crippen LogP contribution in [-0.4, -0.2) is 77.7 Å². The summed E-state index contributed by atoms with van der Waals surface area (Å²) in [7, 11) is 2.00. The number of thiazole rings is 1. The molecule has 3 aliphatic rings. The lowest BCUT2D eigenvalue weighted by Crippen LogP contribution is -2.50. The van der Waals surface area contributed by atoms with Crippen LogP contribution in [0.25, 0.3) is 0 Å². The summed E-state index contributed by atoms with van der Waals surface area (Å²) < 4.78 is 6.11. The Morgan fingerprint density at radius 3 is 2.71 bits per heavy atom. The minimum Gasteiger partial charge on any atom is -0.378 e. The molecule has 7 nitrogen and oxygen atoms in total. The molecule has 0 N–H and O–H groups in total.